The monoisotopic (exact) mass is 452 g/mol. The van der Waals surface area contributed by atoms with Gasteiger partial charge in [-0.15, -0.1) is 0 Å². The van der Waals surface area contributed by atoms with E-state index in [0.29, 0.717) is 11.4 Å². The van der Waals surface area contributed by atoms with Crippen molar-refractivity contribution in [1.29, 1.82) is 0 Å². The molecule has 0 radical (unpaired) electrons. The van der Waals surface area contributed by atoms with Crippen LogP contribution in [0.3, 0.4) is 0 Å². The summed E-state index contributed by atoms with van der Waals surface area (Å²) in [7, 11) is -2.54. The number of anilines is 1. The third kappa shape index (κ3) is 5.29. The molecule has 0 aliphatic heterocycles. The molecular formula is C25H28N2O4S. The Morgan fingerprint density at radius 1 is 0.969 bits per heavy atom. The van der Waals surface area contributed by atoms with Gasteiger partial charge in [-0.2, -0.15) is 0 Å². The number of rotatable bonds is 8. The van der Waals surface area contributed by atoms with Crippen LogP contribution in [0.4, 0.5) is 5.69 Å². The lowest BCUT2D eigenvalue weighted by molar-refractivity contribution is -0.120. The third-order valence-corrected chi connectivity index (χ3v) is 6.95. The summed E-state index contributed by atoms with van der Waals surface area (Å²) in [6.45, 7) is 5.34. The number of carbonyl (C=O) groups excluding carboxylic acids is 1. The molecule has 0 bridgehead atoms. The molecule has 3 rings (SSSR count). The molecule has 0 saturated heterocycles. The number of aryl methyl sites for hydroxylation is 2. The predicted octanol–water partition coefficient (Wildman–Crippen LogP) is 4.38. The Hall–Kier alpha value is -3.32. The summed E-state index contributed by atoms with van der Waals surface area (Å²) in [4.78, 5) is 13.1. The quantitative estimate of drug-likeness (QED) is 0.550. The van der Waals surface area contributed by atoms with Gasteiger partial charge < -0.3 is 10.1 Å². The van der Waals surface area contributed by atoms with Gasteiger partial charge in [0.1, 0.15) is 12.3 Å². The van der Waals surface area contributed by atoms with Gasteiger partial charge in [0.2, 0.25) is 5.91 Å². The molecule has 0 unspecified atom stereocenters. The van der Waals surface area contributed by atoms with Crippen molar-refractivity contribution in [2.45, 2.75) is 31.7 Å². The molecule has 0 aromatic heterocycles. The van der Waals surface area contributed by atoms with Crippen molar-refractivity contribution < 1.29 is 17.9 Å². The minimum Gasteiger partial charge on any atom is -0.495 e. The number of hydrogen-bond acceptors (Lipinski definition) is 4. The zero-order valence-electron chi connectivity index (χ0n) is 18.7. The Labute approximate surface area is 189 Å². The van der Waals surface area contributed by atoms with Crippen molar-refractivity contribution in [3.63, 3.8) is 0 Å². The van der Waals surface area contributed by atoms with E-state index in [2.05, 4.69) is 5.32 Å². The SMILES string of the molecule is COc1ccc(C)cc1N(CC(=O)N[C@H](C)c1ccc(C)cc1)S(=O)(=O)c1ccccc1. The molecule has 0 aliphatic carbocycles. The first-order valence-corrected chi connectivity index (χ1v) is 11.7. The van der Waals surface area contributed by atoms with Crippen molar-refractivity contribution in [3.05, 3.63) is 89.5 Å². The number of nitrogens with one attached hydrogen (secondary N) is 1. The molecule has 1 N–H and O–H groups in total. The maximum atomic E-state index is 13.5. The maximum absolute atomic E-state index is 13.5. The van der Waals surface area contributed by atoms with Crippen molar-refractivity contribution in [2.24, 2.45) is 0 Å². The van der Waals surface area contributed by atoms with Gasteiger partial charge in [-0.05, 0) is 56.2 Å². The fourth-order valence-corrected chi connectivity index (χ4v) is 4.81. The molecule has 168 valence electrons. The highest BCUT2D eigenvalue weighted by molar-refractivity contribution is 7.92. The van der Waals surface area contributed by atoms with E-state index < -0.39 is 15.9 Å². The zero-order valence-corrected chi connectivity index (χ0v) is 19.5. The van der Waals surface area contributed by atoms with E-state index >= 15 is 0 Å². The molecule has 3 aromatic carbocycles. The molecule has 3 aromatic rings. The van der Waals surface area contributed by atoms with Crippen LogP contribution in [-0.4, -0.2) is 28.0 Å². The number of amides is 1. The van der Waals surface area contributed by atoms with Gasteiger partial charge in [0.05, 0.1) is 23.7 Å². The number of methoxy groups -OCH3 is 1. The first-order valence-electron chi connectivity index (χ1n) is 10.3. The number of carbonyl (C=O) groups is 1. The number of nitrogens with zero attached hydrogens (tertiary/aromatic N) is 1. The first-order chi connectivity index (χ1) is 15.2. The second-order valence-corrected chi connectivity index (χ2v) is 9.56. The maximum Gasteiger partial charge on any atom is 0.264 e. The van der Waals surface area contributed by atoms with E-state index in [9.17, 15) is 13.2 Å². The van der Waals surface area contributed by atoms with E-state index in [4.69, 9.17) is 4.74 Å². The average molecular weight is 453 g/mol. The van der Waals surface area contributed by atoms with Crippen LogP contribution in [0.2, 0.25) is 0 Å². The molecule has 0 aliphatic rings. The van der Waals surface area contributed by atoms with Crippen LogP contribution in [-0.2, 0) is 14.8 Å². The van der Waals surface area contributed by atoms with Crippen LogP contribution in [0.25, 0.3) is 0 Å². The summed E-state index contributed by atoms with van der Waals surface area (Å²) in [5, 5.41) is 2.91. The Balaban J connectivity index is 1.95. The fourth-order valence-electron chi connectivity index (χ4n) is 3.37. The number of benzene rings is 3. The summed E-state index contributed by atoms with van der Waals surface area (Å²) < 4.78 is 33.6. The Morgan fingerprint density at radius 2 is 1.59 bits per heavy atom. The van der Waals surface area contributed by atoms with Crippen LogP contribution in [0.5, 0.6) is 5.75 Å². The summed E-state index contributed by atoms with van der Waals surface area (Å²) in [5.74, 6) is -0.0457. The highest BCUT2D eigenvalue weighted by Crippen LogP contribution is 2.33. The molecule has 6 nitrogen and oxygen atoms in total. The summed E-state index contributed by atoms with van der Waals surface area (Å²) >= 11 is 0. The third-order valence-electron chi connectivity index (χ3n) is 5.18. The van der Waals surface area contributed by atoms with Crippen LogP contribution in [0.15, 0.2) is 77.7 Å². The number of hydrogen-bond donors (Lipinski definition) is 1. The van der Waals surface area contributed by atoms with Crippen LogP contribution >= 0.6 is 0 Å². The molecule has 0 saturated carbocycles. The lowest BCUT2D eigenvalue weighted by atomic mass is 10.1. The first kappa shape index (κ1) is 23.3. The van der Waals surface area contributed by atoms with Crippen molar-refractivity contribution in [3.8, 4) is 5.75 Å². The number of ether oxygens (including phenoxy) is 1. The van der Waals surface area contributed by atoms with Gasteiger partial charge in [-0.3, -0.25) is 9.10 Å². The highest BCUT2D eigenvalue weighted by atomic mass is 32.2. The van der Waals surface area contributed by atoms with E-state index in [0.717, 1.165) is 21.0 Å². The summed E-state index contributed by atoms with van der Waals surface area (Å²) in [6, 6.07) is 20.9. The lowest BCUT2D eigenvalue weighted by Crippen LogP contribution is -2.41. The predicted molar refractivity (Wildman–Crippen MR) is 126 cm³/mol. The molecule has 1 atom stereocenters. The minimum atomic E-state index is -4.01. The average Bonchev–Trinajstić information content (AvgIpc) is 2.78. The normalized spacial score (nSPS) is 12.1. The molecule has 0 fully saturated rings. The Bertz CT molecular complexity index is 1180. The Kier molecular flexibility index (Phi) is 7.20. The van der Waals surface area contributed by atoms with Gasteiger partial charge in [0.25, 0.3) is 10.0 Å². The van der Waals surface area contributed by atoms with E-state index in [1.165, 1.54) is 19.2 Å². The molecule has 1 amide bonds. The highest BCUT2D eigenvalue weighted by Gasteiger charge is 2.29. The molecule has 7 heteroatoms. The topological polar surface area (TPSA) is 75.7 Å². The summed E-state index contributed by atoms with van der Waals surface area (Å²) in [6.07, 6.45) is 0. The standard InChI is InChI=1S/C25H28N2O4S/c1-18-10-13-21(14-11-18)20(3)26-25(28)17-27(23-16-19(2)12-15-24(23)31-4)32(29,30)22-8-6-5-7-9-22/h5-16,20H,17H2,1-4H3,(H,26,28)/t20-/m1/s1. The van der Waals surface area contributed by atoms with E-state index in [-0.39, 0.29) is 17.5 Å². The molecule has 0 heterocycles. The zero-order chi connectivity index (χ0) is 23.3. The van der Waals surface area contributed by atoms with Gasteiger partial charge >= 0.3 is 0 Å². The minimum absolute atomic E-state index is 0.0999. The van der Waals surface area contributed by atoms with E-state index in [1.807, 2.05) is 51.1 Å². The van der Waals surface area contributed by atoms with Crippen molar-refractivity contribution in [1.82, 2.24) is 5.32 Å². The Morgan fingerprint density at radius 3 is 2.22 bits per heavy atom. The van der Waals surface area contributed by atoms with Crippen LogP contribution in [0, 0.1) is 13.8 Å². The molecule has 0 spiro atoms. The second kappa shape index (κ2) is 9.87. The molecular weight excluding hydrogens is 424 g/mol. The van der Waals surface area contributed by atoms with E-state index in [1.54, 1.807) is 30.3 Å². The van der Waals surface area contributed by atoms with Gasteiger partial charge in [0.15, 0.2) is 0 Å². The van der Waals surface area contributed by atoms with Gasteiger partial charge in [-0.25, -0.2) is 8.42 Å². The number of sulfonamides is 1. The second-order valence-electron chi connectivity index (χ2n) is 7.70. The van der Waals surface area contributed by atoms with Gasteiger partial charge in [-0.1, -0.05) is 54.1 Å². The molecule has 32 heavy (non-hydrogen) atoms. The lowest BCUT2D eigenvalue weighted by Gasteiger charge is -2.26. The smallest absolute Gasteiger partial charge is 0.264 e. The van der Waals surface area contributed by atoms with Crippen molar-refractivity contribution in [2.75, 3.05) is 18.0 Å². The fraction of sp³-hybridized carbons (Fsp3) is 0.240. The van der Waals surface area contributed by atoms with Crippen LogP contribution < -0.4 is 14.4 Å². The largest absolute Gasteiger partial charge is 0.495 e. The van der Waals surface area contributed by atoms with Crippen molar-refractivity contribution >= 4 is 21.6 Å². The summed E-state index contributed by atoms with van der Waals surface area (Å²) in [5.41, 5.74) is 3.23. The van der Waals surface area contributed by atoms with Gasteiger partial charge in [0, 0.05) is 0 Å². The van der Waals surface area contributed by atoms with Crippen LogP contribution in [0.1, 0.15) is 29.7 Å².